The summed E-state index contributed by atoms with van der Waals surface area (Å²) in [7, 11) is 1.98. The van der Waals surface area contributed by atoms with Gasteiger partial charge >= 0.3 is 0 Å². The zero-order valence-electron chi connectivity index (χ0n) is 8.76. The Balaban J connectivity index is 2.16. The largest absolute Gasteiger partial charge is 0.313 e. The summed E-state index contributed by atoms with van der Waals surface area (Å²) in [5, 5.41) is 3.32. The van der Waals surface area contributed by atoms with E-state index in [2.05, 4.69) is 27.9 Å². The third kappa shape index (κ3) is 2.91. The first-order valence-electron chi connectivity index (χ1n) is 5.33. The normalized spacial score (nSPS) is 17.8. The fraction of sp³-hybridized carbons (Fsp3) is 0.500. The minimum atomic E-state index is -0.149. The number of nitrogens with one attached hydrogen (secondary N) is 1. The van der Waals surface area contributed by atoms with Gasteiger partial charge in [0.25, 0.3) is 0 Å². The van der Waals surface area contributed by atoms with Gasteiger partial charge in [0.2, 0.25) is 0 Å². The molecule has 0 amide bonds. The number of hydrogen-bond donors (Lipinski definition) is 1. The Labute approximate surface area is 104 Å². The molecule has 0 radical (unpaired) electrons. The van der Waals surface area contributed by atoms with Crippen LogP contribution in [0.15, 0.2) is 18.2 Å². The number of hydrogen-bond acceptors (Lipinski definition) is 1. The highest BCUT2D eigenvalue weighted by atomic mass is 127. The molecule has 1 aliphatic carbocycles. The molecule has 1 aliphatic rings. The van der Waals surface area contributed by atoms with Crippen LogP contribution in [0, 0.1) is 15.3 Å². The van der Waals surface area contributed by atoms with Crippen LogP contribution in [0.25, 0.3) is 0 Å². The predicted octanol–water partition coefficient (Wildman–Crippen LogP) is 3.49. The van der Waals surface area contributed by atoms with Crippen molar-refractivity contribution in [2.45, 2.75) is 25.3 Å². The number of halogens is 2. The lowest BCUT2D eigenvalue weighted by Crippen LogP contribution is -2.18. The number of rotatable bonds is 4. The van der Waals surface area contributed by atoms with Gasteiger partial charge in [-0.2, -0.15) is 0 Å². The van der Waals surface area contributed by atoms with Crippen LogP contribution in [0.5, 0.6) is 0 Å². The van der Waals surface area contributed by atoms with E-state index in [-0.39, 0.29) is 5.82 Å². The van der Waals surface area contributed by atoms with Gasteiger partial charge in [-0.3, -0.25) is 0 Å². The Morgan fingerprint density at radius 3 is 2.80 bits per heavy atom. The molecule has 0 bridgehead atoms. The molecular weight excluding hydrogens is 304 g/mol. The van der Waals surface area contributed by atoms with Crippen LogP contribution in [0.4, 0.5) is 4.39 Å². The molecule has 1 unspecified atom stereocenters. The summed E-state index contributed by atoms with van der Waals surface area (Å²) in [6.07, 6.45) is 3.89. The first-order chi connectivity index (χ1) is 7.20. The summed E-state index contributed by atoms with van der Waals surface area (Å²) >= 11 is 2.21. The zero-order valence-corrected chi connectivity index (χ0v) is 10.9. The van der Waals surface area contributed by atoms with Gasteiger partial charge in [-0.1, -0.05) is 18.9 Å². The molecule has 0 saturated heterocycles. The Morgan fingerprint density at radius 2 is 2.27 bits per heavy atom. The fourth-order valence-electron chi connectivity index (χ4n) is 1.87. The van der Waals surface area contributed by atoms with E-state index in [1.807, 2.05) is 13.1 Å². The van der Waals surface area contributed by atoms with E-state index >= 15 is 0 Å². The van der Waals surface area contributed by atoms with E-state index < -0.39 is 0 Å². The third-order valence-corrected chi connectivity index (χ3v) is 3.89. The van der Waals surface area contributed by atoms with Crippen molar-refractivity contribution in [1.82, 2.24) is 5.32 Å². The van der Waals surface area contributed by atoms with Crippen molar-refractivity contribution in [3.8, 4) is 0 Å². The Kier molecular flexibility index (Phi) is 3.61. The van der Waals surface area contributed by atoms with Crippen molar-refractivity contribution in [3.05, 3.63) is 33.1 Å². The van der Waals surface area contributed by atoms with Gasteiger partial charge in [-0.25, -0.2) is 4.39 Å². The molecule has 0 heterocycles. The van der Waals surface area contributed by atoms with Crippen molar-refractivity contribution >= 4 is 22.6 Å². The highest BCUT2D eigenvalue weighted by Crippen LogP contribution is 2.38. The van der Waals surface area contributed by atoms with Crippen LogP contribution in [-0.4, -0.2) is 7.05 Å². The summed E-state index contributed by atoms with van der Waals surface area (Å²) in [6.45, 7) is 0. The minimum absolute atomic E-state index is 0.149. The average Bonchev–Trinajstić information content (AvgIpc) is 2.99. The summed E-state index contributed by atoms with van der Waals surface area (Å²) in [5.41, 5.74) is 1.23. The van der Waals surface area contributed by atoms with Gasteiger partial charge in [-0.15, -0.1) is 0 Å². The van der Waals surface area contributed by atoms with E-state index in [0.29, 0.717) is 6.04 Å². The van der Waals surface area contributed by atoms with Crippen molar-refractivity contribution < 1.29 is 4.39 Å². The lowest BCUT2D eigenvalue weighted by Gasteiger charge is -2.17. The predicted molar refractivity (Wildman–Crippen MR) is 68.3 cm³/mol. The van der Waals surface area contributed by atoms with Crippen molar-refractivity contribution in [2.75, 3.05) is 7.05 Å². The summed E-state index contributed by atoms with van der Waals surface area (Å²) in [4.78, 5) is 0. The van der Waals surface area contributed by atoms with Crippen LogP contribution in [0.2, 0.25) is 0 Å². The maximum atomic E-state index is 13.0. The lowest BCUT2D eigenvalue weighted by atomic mass is 10.0. The van der Waals surface area contributed by atoms with Crippen LogP contribution in [0.1, 0.15) is 30.9 Å². The van der Waals surface area contributed by atoms with E-state index in [9.17, 15) is 4.39 Å². The molecule has 1 aromatic rings. The van der Waals surface area contributed by atoms with Gasteiger partial charge in [0.05, 0.1) is 0 Å². The molecule has 82 valence electrons. The summed E-state index contributed by atoms with van der Waals surface area (Å²) in [6, 6.07) is 5.44. The first kappa shape index (κ1) is 11.3. The van der Waals surface area contributed by atoms with E-state index in [4.69, 9.17) is 0 Å². The van der Waals surface area contributed by atoms with E-state index in [1.54, 1.807) is 12.1 Å². The molecular formula is C12H15FIN. The maximum Gasteiger partial charge on any atom is 0.124 e. The van der Waals surface area contributed by atoms with Crippen molar-refractivity contribution in [3.63, 3.8) is 0 Å². The van der Waals surface area contributed by atoms with Crippen LogP contribution in [-0.2, 0) is 0 Å². The average molecular weight is 319 g/mol. The summed E-state index contributed by atoms with van der Waals surface area (Å²) in [5.74, 6) is 0.729. The van der Waals surface area contributed by atoms with Gasteiger partial charge in [0.1, 0.15) is 5.82 Å². The second-order valence-corrected chi connectivity index (χ2v) is 5.35. The maximum absolute atomic E-state index is 13.0. The topological polar surface area (TPSA) is 12.0 Å². The fourth-order valence-corrected chi connectivity index (χ4v) is 2.72. The molecule has 0 spiro atoms. The van der Waals surface area contributed by atoms with Crippen LogP contribution in [0.3, 0.4) is 0 Å². The minimum Gasteiger partial charge on any atom is -0.313 e. The molecule has 15 heavy (non-hydrogen) atoms. The molecule has 0 aromatic heterocycles. The van der Waals surface area contributed by atoms with E-state index in [1.165, 1.54) is 24.8 Å². The molecule has 0 aliphatic heterocycles. The SMILES string of the molecule is CNC(CC1CC1)c1ccc(F)cc1I. The Hall–Kier alpha value is -0.160. The lowest BCUT2D eigenvalue weighted by molar-refractivity contribution is 0.511. The van der Waals surface area contributed by atoms with Crippen LogP contribution >= 0.6 is 22.6 Å². The molecule has 1 fully saturated rings. The molecule has 2 rings (SSSR count). The quantitative estimate of drug-likeness (QED) is 0.838. The second kappa shape index (κ2) is 4.78. The highest BCUT2D eigenvalue weighted by Gasteiger charge is 2.26. The molecule has 1 nitrogen and oxygen atoms in total. The van der Waals surface area contributed by atoms with Gasteiger partial charge in [-0.05, 0) is 59.7 Å². The molecule has 3 heteroatoms. The monoisotopic (exact) mass is 319 g/mol. The Bertz CT molecular complexity index is 349. The van der Waals surface area contributed by atoms with Gasteiger partial charge in [0.15, 0.2) is 0 Å². The van der Waals surface area contributed by atoms with E-state index in [0.717, 1.165) is 9.49 Å². The zero-order chi connectivity index (χ0) is 10.8. The first-order valence-corrected chi connectivity index (χ1v) is 6.41. The highest BCUT2D eigenvalue weighted by molar-refractivity contribution is 14.1. The van der Waals surface area contributed by atoms with Crippen molar-refractivity contribution in [2.24, 2.45) is 5.92 Å². The Morgan fingerprint density at radius 1 is 1.53 bits per heavy atom. The standard InChI is InChI=1S/C12H15FIN/c1-15-12(6-8-2-3-8)10-5-4-9(13)7-11(10)14/h4-5,7-8,12,15H,2-3,6H2,1H3. The molecule has 1 aromatic carbocycles. The summed E-state index contributed by atoms with van der Waals surface area (Å²) < 4.78 is 14.0. The van der Waals surface area contributed by atoms with Gasteiger partial charge < -0.3 is 5.32 Å². The number of benzene rings is 1. The van der Waals surface area contributed by atoms with Gasteiger partial charge in [0, 0.05) is 9.61 Å². The van der Waals surface area contributed by atoms with Crippen molar-refractivity contribution in [1.29, 1.82) is 0 Å². The smallest absolute Gasteiger partial charge is 0.124 e. The second-order valence-electron chi connectivity index (χ2n) is 4.19. The molecule has 1 N–H and O–H groups in total. The molecule has 1 atom stereocenters. The van der Waals surface area contributed by atoms with Crippen LogP contribution < -0.4 is 5.32 Å². The molecule has 1 saturated carbocycles. The third-order valence-electron chi connectivity index (χ3n) is 2.95.